The van der Waals surface area contributed by atoms with Crippen LogP contribution in [0, 0.1) is 21.4 Å². The maximum Gasteiger partial charge on any atom is 0.284 e. The highest BCUT2D eigenvalue weighted by Gasteiger charge is 2.20. The van der Waals surface area contributed by atoms with E-state index in [2.05, 4.69) is 15.5 Å². The van der Waals surface area contributed by atoms with Crippen molar-refractivity contribution in [1.82, 2.24) is 10.2 Å². The number of nitro benzene ring substituents is 1. The van der Waals surface area contributed by atoms with Crippen LogP contribution >= 0.6 is 11.3 Å². The van der Waals surface area contributed by atoms with Gasteiger partial charge in [-0.25, -0.2) is 0 Å². The highest BCUT2D eigenvalue weighted by Crippen LogP contribution is 2.34. The molecule has 2 aromatic heterocycles. The van der Waals surface area contributed by atoms with Gasteiger partial charge in [0.05, 0.1) is 23.7 Å². The lowest BCUT2D eigenvalue weighted by atomic mass is 10.1. The summed E-state index contributed by atoms with van der Waals surface area (Å²) in [5.74, 6) is 0.0755. The molecule has 10 nitrogen and oxygen atoms in total. The summed E-state index contributed by atoms with van der Waals surface area (Å²) in [6.07, 6.45) is 1.93. The number of hydrogen-bond donors (Lipinski definition) is 1. The molecule has 0 saturated heterocycles. The molecule has 1 aromatic carbocycles. The smallest absolute Gasteiger partial charge is 0.284 e. The number of hydrogen-bond acceptors (Lipinski definition) is 9. The summed E-state index contributed by atoms with van der Waals surface area (Å²) < 4.78 is 10.6. The maximum atomic E-state index is 12.3. The first kappa shape index (κ1) is 20.7. The molecule has 30 heavy (non-hydrogen) atoms. The summed E-state index contributed by atoms with van der Waals surface area (Å²) in [5, 5.41) is 32.0. The molecule has 3 aromatic rings. The van der Waals surface area contributed by atoms with Crippen molar-refractivity contribution in [2.75, 3.05) is 12.4 Å². The van der Waals surface area contributed by atoms with E-state index in [1.807, 2.05) is 6.92 Å². The minimum atomic E-state index is -0.662. The number of rotatable bonds is 7. The Morgan fingerprint density at radius 1 is 1.40 bits per heavy atom. The first-order chi connectivity index (χ1) is 14.4. The largest absolute Gasteiger partial charge is 0.497 e. The zero-order chi connectivity index (χ0) is 21.7. The molecule has 152 valence electrons. The van der Waals surface area contributed by atoms with Crippen LogP contribution in [0.2, 0.25) is 0 Å². The Hall–Kier alpha value is -4.04. The Kier molecular flexibility index (Phi) is 6.19. The summed E-state index contributed by atoms with van der Waals surface area (Å²) in [5.41, 5.74) is -0.168. The summed E-state index contributed by atoms with van der Waals surface area (Å²) in [6.45, 7) is 1.91. The van der Waals surface area contributed by atoms with Crippen molar-refractivity contribution in [3.63, 3.8) is 0 Å². The van der Waals surface area contributed by atoms with Gasteiger partial charge in [-0.2, -0.15) is 5.26 Å². The quantitative estimate of drug-likeness (QED) is 0.260. The summed E-state index contributed by atoms with van der Waals surface area (Å²) in [7, 11) is 1.41. The molecular weight excluding hydrogens is 410 g/mol. The van der Waals surface area contributed by atoms with Crippen molar-refractivity contribution in [3.05, 3.63) is 56.8 Å². The second kappa shape index (κ2) is 8.97. The number of nitrogens with one attached hydrogen (secondary N) is 1. The predicted molar refractivity (Wildman–Crippen MR) is 109 cm³/mol. The van der Waals surface area contributed by atoms with E-state index in [9.17, 15) is 20.2 Å². The van der Waals surface area contributed by atoms with Crippen LogP contribution in [0.15, 0.2) is 40.3 Å². The van der Waals surface area contributed by atoms with Crippen LogP contribution in [-0.2, 0) is 11.2 Å². The molecule has 0 bridgehead atoms. The number of benzene rings is 1. The van der Waals surface area contributed by atoms with Crippen LogP contribution < -0.4 is 10.1 Å². The van der Waals surface area contributed by atoms with Gasteiger partial charge in [-0.1, -0.05) is 18.3 Å². The number of ether oxygens (including phenoxy) is 1. The van der Waals surface area contributed by atoms with Crippen molar-refractivity contribution in [3.8, 4) is 23.1 Å². The molecule has 0 aliphatic carbocycles. The van der Waals surface area contributed by atoms with E-state index in [-0.39, 0.29) is 33.5 Å². The fourth-order valence-electron chi connectivity index (χ4n) is 2.48. The van der Waals surface area contributed by atoms with Crippen LogP contribution in [-0.4, -0.2) is 28.1 Å². The van der Waals surface area contributed by atoms with Crippen molar-refractivity contribution in [2.24, 2.45) is 0 Å². The maximum absolute atomic E-state index is 12.3. The molecule has 0 spiro atoms. The number of aromatic nitrogens is 2. The third-order valence-electron chi connectivity index (χ3n) is 3.94. The van der Waals surface area contributed by atoms with E-state index in [1.54, 1.807) is 12.1 Å². The molecular formula is C19H15N5O5S. The predicted octanol–water partition coefficient (Wildman–Crippen LogP) is 3.82. The second-order valence-electron chi connectivity index (χ2n) is 5.82. The Morgan fingerprint density at radius 3 is 2.83 bits per heavy atom. The number of methoxy groups -OCH3 is 1. The average Bonchev–Trinajstić information content (AvgIpc) is 3.40. The van der Waals surface area contributed by atoms with Gasteiger partial charge in [0.2, 0.25) is 5.13 Å². The number of anilines is 1. The van der Waals surface area contributed by atoms with E-state index in [0.29, 0.717) is 12.2 Å². The summed E-state index contributed by atoms with van der Waals surface area (Å²) in [4.78, 5) is 23.2. The molecule has 0 atom stereocenters. The summed E-state index contributed by atoms with van der Waals surface area (Å²) >= 11 is 1.22. The van der Waals surface area contributed by atoms with Crippen LogP contribution in [0.1, 0.15) is 17.7 Å². The fourth-order valence-corrected chi connectivity index (χ4v) is 3.15. The van der Waals surface area contributed by atoms with E-state index in [0.717, 1.165) is 5.01 Å². The molecule has 0 fully saturated rings. The van der Waals surface area contributed by atoms with E-state index >= 15 is 0 Å². The van der Waals surface area contributed by atoms with Gasteiger partial charge in [0.25, 0.3) is 11.6 Å². The molecule has 0 aliphatic rings. The molecule has 1 N–H and O–H groups in total. The Morgan fingerprint density at radius 2 is 2.20 bits per heavy atom. The molecule has 3 rings (SSSR count). The first-order valence-corrected chi connectivity index (χ1v) is 9.45. The van der Waals surface area contributed by atoms with Crippen LogP contribution in [0.25, 0.3) is 17.4 Å². The number of amides is 1. The third kappa shape index (κ3) is 4.50. The SMILES string of the molecule is CCc1nnc(NC(=O)C(C#N)=Cc2ccc(-c3ccc(OC)cc3[N+](=O)[O-])o2)s1. The number of nitriles is 1. The minimum absolute atomic E-state index is 0.188. The van der Waals surface area contributed by atoms with Gasteiger partial charge in [-0.05, 0) is 30.7 Å². The molecule has 0 radical (unpaired) electrons. The van der Waals surface area contributed by atoms with Gasteiger partial charge in [-0.3, -0.25) is 20.2 Å². The van der Waals surface area contributed by atoms with Gasteiger partial charge in [0.1, 0.15) is 33.9 Å². The van der Waals surface area contributed by atoms with Crippen molar-refractivity contribution in [1.29, 1.82) is 5.26 Å². The van der Waals surface area contributed by atoms with E-state index in [1.165, 1.54) is 48.8 Å². The van der Waals surface area contributed by atoms with Gasteiger partial charge < -0.3 is 9.15 Å². The van der Waals surface area contributed by atoms with Crippen LogP contribution in [0.4, 0.5) is 10.8 Å². The Balaban J connectivity index is 1.86. The highest BCUT2D eigenvalue weighted by molar-refractivity contribution is 7.15. The topological polar surface area (TPSA) is 144 Å². The number of aryl methyl sites for hydroxylation is 1. The normalized spacial score (nSPS) is 11.0. The number of furan rings is 1. The number of nitrogens with zero attached hydrogens (tertiary/aromatic N) is 4. The van der Waals surface area contributed by atoms with Gasteiger partial charge >= 0.3 is 0 Å². The number of carbonyl (C=O) groups excluding carboxylic acids is 1. The lowest BCUT2D eigenvalue weighted by Gasteiger charge is -2.03. The minimum Gasteiger partial charge on any atom is -0.497 e. The van der Waals surface area contributed by atoms with E-state index in [4.69, 9.17) is 9.15 Å². The molecule has 0 aliphatic heterocycles. The van der Waals surface area contributed by atoms with Crippen LogP contribution in [0.3, 0.4) is 0 Å². The summed E-state index contributed by atoms with van der Waals surface area (Å²) in [6, 6.07) is 9.19. The van der Waals surface area contributed by atoms with Crippen molar-refractivity contribution < 1.29 is 18.9 Å². The first-order valence-electron chi connectivity index (χ1n) is 8.63. The Bertz CT molecular complexity index is 1170. The second-order valence-corrected chi connectivity index (χ2v) is 6.88. The average molecular weight is 425 g/mol. The van der Waals surface area contributed by atoms with Gasteiger partial charge in [-0.15, -0.1) is 10.2 Å². The molecule has 0 unspecified atom stereocenters. The standard InChI is InChI=1S/C19H15N5O5S/c1-3-17-22-23-19(30-17)21-18(25)11(10-20)8-13-5-7-16(29-13)14-6-4-12(28-2)9-15(14)24(26)27/h4-9H,3H2,1-2H3,(H,21,23,25). The highest BCUT2D eigenvalue weighted by atomic mass is 32.1. The molecule has 1 amide bonds. The van der Waals surface area contributed by atoms with Gasteiger partial charge in [0, 0.05) is 6.08 Å². The Labute approximate surface area is 174 Å². The lowest BCUT2D eigenvalue weighted by Crippen LogP contribution is -2.13. The van der Waals surface area contributed by atoms with Gasteiger partial charge in [0.15, 0.2) is 0 Å². The zero-order valence-electron chi connectivity index (χ0n) is 15.9. The lowest BCUT2D eigenvalue weighted by molar-refractivity contribution is -0.384. The van der Waals surface area contributed by atoms with Crippen molar-refractivity contribution in [2.45, 2.75) is 13.3 Å². The third-order valence-corrected chi connectivity index (χ3v) is 4.92. The number of nitro groups is 1. The molecule has 0 saturated carbocycles. The van der Waals surface area contributed by atoms with E-state index < -0.39 is 10.8 Å². The number of carbonyl (C=O) groups is 1. The van der Waals surface area contributed by atoms with Crippen LogP contribution in [0.5, 0.6) is 5.75 Å². The van der Waals surface area contributed by atoms with Crippen molar-refractivity contribution >= 4 is 34.1 Å². The fraction of sp³-hybridized carbons (Fsp3) is 0.158. The molecule has 2 heterocycles. The monoisotopic (exact) mass is 425 g/mol. The molecule has 11 heteroatoms. The zero-order valence-corrected chi connectivity index (χ0v) is 16.7.